The van der Waals surface area contributed by atoms with Crippen LogP contribution in [0.3, 0.4) is 0 Å². The molecule has 0 aliphatic rings. The standard InChI is InChI=1S/C13H17NO3/c1-9(15)4-5-11-6-7-12(14-10(2)16)13(8-11)17-3/h6-8H,4-5H2,1-3H3,(H,14,16). The zero-order valence-electron chi connectivity index (χ0n) is 10.4. The van der Waals surface area contributed by atoms with E-state index in [-0.39, 0.29) is 11.7 Å². The number of amides is 1. The van der Waals surface area contributed by atoms with Gasteiger partial charge in [-0.1, -0.05) is 6.07 Å². The Morgan fingerprint density at radius 3 is 2.53 bits per heavy atom. The van der Waals surface area contributed by atoms with Gasteiger partial charge < -0.3 is 14.8 Å². The number of ether oxygens (including phenoxy) is 1. The van der Waals surface area contributed by atoms with E-state index in [1.165, 1.54) is 6.92 Å². The van der Waals surface area contributed by atoms with Gasteiger partial charge in [0.05, 0.1) is 12.8 Å². The Bertz CT molecular complexity index is 427. The van der Waals surface area contributed by atoms with Gasteiger partial charge in [0.1, 0.15) is 11.5 Å². The largest absolute Gasteiger partial charge is 0.495 e. The SMILES string of the molecule is COc1cc(CCC(C)=O)ccc1NC(C)=O. The molecule has 0 bridgehead atoms. The van der Waals surface area contributed by atoms with Crippen molar-refractivity contribution in [1.82, 2.24) is 0 Å². The molecular weight excluding hydrogens is 218 g/mol. The maximum absolute atomic E-state index is 11.0. The second-order valence-corrected chi connectivity index (χ2v) is 3.92. The Kier molecular flexibility index (Phi) is 4.69. The van der Waals surface area contributed by atoms with Crippen molar-refractivity contribution < 1.29 is 14.3 Å². The Morgan fingerprint density at radius 2 is 2.00 bits per heavy atom. The van der Waals surface area contributed by atoms with Gasteiger partial charge >= 0.3 is 0 Å². The average molecular weight is 235 g/mol. The number of ketones is 1. The van der Waals surface area contributed by atoms with Crippen molar-refractivity contribution in [3.05, 3.63) is 23.8 Å². The van der Waals surface area contributed by atoms with E-state index in [2.05, 4.69) is 5.32 Å². The lowest BCUT2D eigenvalue weighted by Gasteiger charge is -2.10. The summed E-state index contributed by atoms with van der Waals surface area (Å²) in [5.74, 6) is 0.635. The highest BCUT2D eigenvalue weighted by Gasteiger charge is 2.06. The Labute approximate surface area is 101 Å². The van der Waals surface area contributed by atoms with Crippen molar-refractivity contribution in [2.75, 3.05) is 12.4 Å². The molecule has 4 heteroatoms. The third-order valence-corrected chi connectivity index (χ3v) is 2.34. The third-order valence-electron chi connectivity index (χ3n) is 2.34. The molecule has 0 atom stereocenters. The molecule has 1 aromatic carbocycles. The number of Topliss-reactive ketones (excluding diaryl/α,β-unsaturated/α-hetero) is 1. The van der Waals surface area contributed by atoms with Gasteiger partial charge in [0.15, 0.2) is 0 Å². The van der Waals surface area contributed by atoms with Crippen molar-refractivity contribution >= 4 is 17.4 Å². The van der Waals surface area contributed by atoms with Gasteiger partial charge in [-0.05, 0) is 31.0 Å². The minimum atomic E-state index is -0.139. The smallest absolute Gasteiger partial charge is 0.221 e. The molecule has 0 saturated heterocycles. The number of methoxy groups -OCH3 is 1. The lowest BCUT2D eigenvalue weighted by molar-refractivity contribution is -0.117. The van der Waals surface area contributed by atoms with E-state index in [0.29, 0.717) is 24.3 Å². The molecule has 0 radical (unpaired) electrons. The second-order valence-electron chi connectivity index (χ2n) is 3.92. The highest BCUT2D eigenvalue weighted by atomic mass is 16.5. The first-order valence-corrected chi connectivity index (χ1v) is 5.47. The fraction of sp³-hybridized carbons (Fsp3) is 0.385. The van der Waals surface area contributed by atoms with Crippen LogP contribution in [-0.2, 0) is 16.0 Å². The van der Waals surface area contributed by atoms with Crippen molar-refractivity contribution in [3.8, 4) is 5.75 Å². The monoisotopic (exact) mass is 235 g/mol. The quantitative estimate of drug-likeness (QED) is 0.851. The number of rotatable bonds is 5. The first-order chi connectivity index (χ1) is 8.02. The van der Waals surface area contributed by atoms with Crippen LogP contribution in [0.5, 0.6) is 5.75 Å². The van der Waals surface area contributed by atoms with Crippen LogP contribution in [0, 0.1) is 0 Å². The van der Waals surface area contributed by atoms with Gasteiger partial charge in [0, 0.05) is 13.3 Å². The van der Waals surface area contributed by atoms with Gasteiger partial charge in [-0.3, -0.25) is 4.79 Å². The van der Waals surface area contributed by atoms with Crippen LogP contribution >= 0.6 is 0 Å². The van der Waals surface area contributed by atoms with E-state index in [0.717, 1.165) is 5.56 Å². The van der Waals surface area contributed by atoms with Crippen molar-refractivity contribution in [1.29, 1.82) is 0 Å². The predicted molar refractivity (Wildman–Crippen MR) is 66.3 cm³/mol. The molecule has 1 N–H and O–H groups in total. The Morgan fingerprint density at radius 1 is 1.29 bits per heavy atom. The van der Waals surface area contributed by atoms with Crippen LogP contribution in [0.2, 0.25) is 0 Å². The van der Waals surface area contributed by atoms with Crippen molar-refractivity contribution in [2.45, 2.75) is 26.7 Å². The third kappa shape index (κ3) is 4.26. The molecule has 1 aromatic rings. The zero-order valence-corrected chi connectivity index (χ0v) is 10.4. The molecule has 92 valence electrons. The number of nitrogens with one attached hydrogen (secondary N) is 1. The molecule has 4 nitrogen and oxygen atoms in total. The van der Waals surface area contributed by atoms with E-state index in [1.54, 1.807) is 20.1 Å². The van der Waals surface area contributed by atoms with Crippen LogP contribution in [0.25, 0.3) is 0 Å². The summed E-state index contributed by atoms with van der Waals surface area (Å²) in [6.07, 6.45) is 1.20. The summed E-state index contributed by atoms with van der Waals surface area (Å²) in [5, 5.41) is 2.69. The summed E-state index contributed by atoms with van der Waals surface area (Å²) in [7, 11) is 1.55. The lowest BCUT2D eigenvalue weighted by atomic mass is 10.1. The van der Waals surface area contributed by atoms with Gasteiger partial charge in [0.2, 0.25) is 5.91 Å². The average Bonchev–Trinajstić information content (AvgIpc) is 2.26. The number of benzene rings is 1. The van der Waals surface area contributed by atoms with E-state index in [4.69, 9.17) is 4.74 Å². The first kappa shape index (κ1) is 13.2. The van der Waals surface area contributed by atoms with Crippen LogP contribution in [-0.4, -0.2) is 18.8 Å². The minimum absolute atomic E-state index is 0.139. The molecule has 0 aliphatic heterocycles. The second kappa shape index (κ2) is 6.03. The highest BCUT2D eigenvalue weighted by Crippen LogP contribution is 2.26. The predicted octanol–water partition coefficient (Wildman–Crippen LogP) is 2.18. The van der Waals surface area contributed by atoms with Gasteiger partial charge in [0.25, 0.3) is 0 Å². The molecule has 0 saturated carbocycles. The number of hydrogen-bond acceptors (Lipinski definition) is 3. The summed E-state index contributed by atoms with van der Waals surface area (Å²) in [6, 6.07) is 5.51. The summed E-state index contributed by atoms with van der Waals surface area (Å²) in [6.45, 7) is 3.02. The normalized spacial score (nSPS) is 9.82. The molecule has 0 unspecified atom stereocenters. The van der Waals surface area contributed by atoms with E-state index >= 15 is 0 Å². The molecule has 0 heterocycles. The highest BCUT2D eigenvalue weighted by molar-refractivity contribution is 5.90. The first-order valence-electron chi connectivity index (χ1n) is 5.47. The van der Waals surface area contributed by atoms with Gasteiger partial charge in [-0.2, -0.15) is 0 Å². The van der Waals surface area contributed by atoms with E-state index in [1.807, 2.05) is 12.1 Å². The summed E-state index contributed by atoms with van der Waals surface area (Å²) >= 11 is 0. The van der Waals surface area contributed by atoms with Crippen LogP contribution in [0.1, 0.15) is 25.8 Å². The number of hydrogen-bond donors (Lipinski definition) is 1. The number of anilines is 1. The Balaban J connectivity index is 2.84. The van der Waals surface area contributed by atoms with E-state index in [9.17, 15) is 9.59 Å². The lowest BCUT2D eigenvalue weighted by Crippen LogP contribution is -2.07. The van der Waals surface area contributed by atoms with E-state index < -0.39 is 0 Å². The molecule has 0 spiro atoms. The minimum Gasteiger partial charge on any atom is -0.495 e. The van der Waals surface area contributed by atoms with Gasteiger partial charge in [-0.25, -0.2) is 0 Å². The van der Waals surface area contributed by atoms with Gasteiger partial charge in [-0.15, -0.1) is 0 Å². The van der Waals surface area contributed by atoms with Crippen molar-refractivity contribution in [2.24, 2.45) is 0 Å². The maximum Gasteiger partial charge on any atom is 0.221 e. The maximum atomic E-state index is 11.0. The molecule has 17 heavy (non-hydrogen) atoms. The molecule has 0 fully saturated rings. The summed E-state index contributed by atoms with van der Waals surface area (Å²) in [4.78, 5) is 21.9. The fourth-order valence-electron chi connectivity index (χ4n) is 1.50. The topological polar surface area (TPSA) is 55.4 Å². The van der Waals surface area contributed by atoms with Crippen LogP contribution in [0.15, 0.2) is 18.2 Å². The molecule has 0 aliphatic carbocycles. The van der Waals surface area contributed by atoms with Crippen LogP contribution < -0.4 is 10.1 Å². The zero-order chi connectivity index (χ0) is 12.8. The summed E-state index contributed by atoms with van der Waals surface area (Å²) < 4.78 is 5.19. The Hall–Kier alpha value is -1.84. The number of carbonyl (C=O) groups excluding carboxylic acids is 2. The molecule has 1 amide bonds. The molecule has 0 aromatic heterocycles. The number of aryl methyl sites for hydroxylation is 1. The molecule has 1 rings (SSSR count). The van der Waals surface area contributed by atoms with Crippen molar-refractivity contribution in [3.63, 3.8) is 0 Å². The molecular formula is C13H17NO3. The fourth-order valence-corrected chi connectivity index (χ4v) is 1.50. The van der Waals surface area contributed by atoms with Crippen LogP contribution in [0.4, 0.5) is 5.69 Å². The summed E-state index contributed by atoms with van der Waals surface area (Å²) in [5.41, 5.74) is 1.66. The number of carbonyl (C=O) groups is 2.